The van der Waals surface area contributed by atoms with Gasteiger partial charge in [0.15, 0.2) is 5.82 Å². The summed E-state index contributed by atoms with van der Waals surface area (Å²) in [5.74, 6) is 0.441. The van der Waals surface area contributed by atoms with Crippen LogP contribution in [0, 0.1) is 0 Å². The van der Waals surface area contributed by atoms with Gasteiger partial charge in [-0.2, -0.15) is 10.1 Å². The smallest absolute Gasteiger partial charge is 0.271 e. The summed E-state index contributed by atoms with van der Waals surface area (Å²) >= 11 is 7.28. The van der Waals surface area contributed by atoms with E-state index in [0.717, 1.165) is 4.88 Å². The van der Waals surface area contributed by atoms with E-state index in [9.17, 15) is 4.79 Å². The first-order chi connectivity index (χ1) is 9.74. The van der Waals surface area contributed by atoms with Crippen LogP contribution in [0.1, 0.15) is 16.3 Å². The highest BCUT2D eigenvalue weighted by atomic mass is 35.5. The highest BCUT2D eigenvalue weighted by Crippen LogP contribution is 2.22. The zero-order chi connectivity index (χ0) is 13.9. The maximum absolute atomic E-state index is 11.8. The lowest BCUT2D eigenvalue weighted by atomic mass is 10.4. The van der Waals surface area contributed by atoms with Gasteiger partial charge in [-0.15, -0.1) is 11.3 Å². The first kappa shape index (κ1) is 12.8. The average Bonchev–Trinajstić information content (AvgIpc) is 3.16. The van der Waals surface area contributed by atoms with Gasteiger partial charge in [0.1, 0.15) is 5.69 Å². The number of nitrogens with zero attached hydrogens (tertiary/aromatic N) is 3. The summed E-state index contributed by atoms with van der Waals surface area (Å²) in [5, 5.41) is 14.8. The fourth-order valence-electron chi connectivity index (χ4n) is 1.50. The molecule has 0 radical (unpaired) electrons. The Hall–Kier alpha value is -2.19. The number of amides is 1. The van der Waals surface area contributed by atoms with Crippen LogP contribution in [-0.2, 0) is 6.54 Å². The highest BCUT2D eigenvalue weighted by Gasteiger charge is 2.14. The van der Waals surface area contributed by atoms with Crippen molar-refractivity contribution >= 4 is 28.8 Å². The van der Waals surface area contributed by atoms with Gasteiger partial charge < -0.3 is 9.84 Å². The Morgan fingerprint density at radius 1 is 1.55 bits per heavy atom. The van der Waals surface area contributed by atoms with Crippen molar-refractivity contribution in [3.63, 3.8) is 0 Å². The van der Waals surface area contributed by atoms with Gasteiger partial charge in [-0.25, -0.2) is 0 Å². The molecule has 0 aromatic carbocycles. The molecule has 0 atom stereocenters. The zero-order valence-electron chi connectivity index (χ0n) is 9.96. The molecular weight excluding hydrogens is 302 g/mol. The molecule has 20 heavy (non-hydrogen) atoms. The summed E-state index contributed by atoms with van der Waals surface area (Å²) in [4.78, 5) is 16.9. The first-order valence-corrected chi connectivity index (χ1v) is 6.83. The van der Waals surface area contributed by atoms with Crippen molar-refractivity contribution in [2.45, 2.75) is 6.54 Å². The van der Waals surface area contributed by atoms with Crippen molar-refractivity contribution in [3.8, 4) is 10.8 Å². The molecule has 1 amide bonds. The van der Waals surface area contributed by atoms with Crippen LogP contribution >= 0.6 is 22.9 Å². The SMILES string of the molecule is O=C(NCc1noc(-c2cccs2)n1)c1[nH]ncc1Cl. The molecule has 3 rings (SSSR count). The van der Waals surface area contributed by atoms with Crippen LogP contribution in [-0.4, -0.2) is 26.2 Å². The normalized spacial score (nSPS) is 10.7. The van der Waals surface area contributed by atoms with E-state index in [2.05, 4.69) is 25.7 Å². The molecule has 0 spiro atoms. The van der Waals surface area contributed by atoms with Gasteiger partial charge in [0.2, 0.25) is 0 Å². The lowest BCUT2D eigenvalue weighted by Gasteiger charge is -1.99. The van der Waals surface area contributed by atoms with E-state index in [1.165, 1.54) is 17.5 Å². The van der Waals surface area contributed by atoms with E-state index >= 15 is 0 Å². The third-order valence-electron chi connectivity index (χ3n) is 2.43. The number of halogens is 1. The molecular formula is C11H8ClN5O2S. The fourth-order valence-corrected chi connectivity index (χ4v) is 2.33. The number of thiophene rings is 1. The van der Waals surface area contributed by atoms with E-state index in [-0.39, 0.29) is 23.2 Å². The van der Waals surface area contributed by atoms with E-state index < -0.39 is 0 Å². The molecule has 3 aromatic heterocycles. The third kappa shape index (κ3) is 2.56. The molecule has 0 aliphatic rings. The summed E-state index contributed by atoms with van der Waals surface area (Å²) in [6, 6.07) is 3.77. The van der Waals surface area contributed by atoms with Crippen LogP contribution in [0.2, 0.25) is 5.02 Å². The predicted octanol–water partition coefficient (Wildman–Crippen LogP) is 2.10. The van der Waals surface area contributed by atoms with Crippen LogP contribution in [0.4, 0.5) is 0 Å². The van der Waals surface area contributed by atoms with Crippen molar-refractivity contribution in [3.05, 3.63) is 40.3 Å². The number of aromatic amines is 1. The second-order valence-electron chi connectivity index (χ2n) is 3.77. The summed E-state index contributed by atoms with van der Waals surface area (Å²) in [7, 11) is 0. The second-order valence-corrected chi connectivity index (χ2v) is 5.12. The number of nitrogens with one attached hydrogen (secondary N) is 2. The molecule has 3 heterocycles. The molecule has 0 bridgehead atoms. The average molecular weight is 310 g/mol. The van der Waals surface area contributed by atoms with Gasteiger partial charge in [-0.3, -0.25) is 9.89 Å². The van der Waals surface area contributed by atoms with Gasteiger partial charge in [-0.05, 0) is 11.4 Å². The molecule has 0 saturated heterocycles. The lowest BCUT2D eigenvalue weighted by molar-refractivity contribution is 0.0945. The van der Waals surface area contributed by atoms with E-state index in [1.54, 1.807) is 0 Å². The Morgan fingerprint density at radius 3 is 3.15 bits per heavy atom. The Balaban J connectivity index is 1.65. The standard InChI is InChI=1S/C11H8ClN5O2S/c12-6-4-14-16-9(6)10(18)13-5-8-15-11(19-17-8)7-2-1-3-20-7/h1-4H,5H2,(H,13,18)(H,14,16). The topological polar surface area (TPSA) is 96.7 Å². The van der Waals surface area contributed by atoms with E-state index in [0.29, 0.717) is 11.7 Å². The van der Waals surface area contributed by atoms with Crippen LogP contribution in [0.15, 0.2) is 28.2 Å². The Kier molecular flexibility index (Phi) is 3.48. The summed E-state index contributed by atoms with van der Waals surface area (Å²) in [6.07, 6.45) is 1.36. The van der Waals surface area contributed by atoms with Crippen molar-refractivity contribution in [1.29, 1.82) is 0 Å². The number of hydrogen-bond acceptors (Lipinski definition) is 6. The number of carbonyl (C=O) groups is 1. The molecule has 0 unspecified atom stereocenters. The van der Waals surface area contributed by atoms with Crippen molar-refractivity contribution < 1.29 is 9.32 Å². The van der Waals surface area contributed by atoms with Gasteiger partial charge >= 0.3 is 0 Å². The highest BCUT2D eigenvalue weighted by molar-refractivity contribution is 7.13. The number of aromatic nitrogens is 4. The number of carbonyl (C=O) groups excluding carboxylic acids is 1. The van der Waals surface area contributed by atoms with Crippen LogP contribution in [0.25, 0.3) is 10.8 Å². The van der Waals surface area contributed by atoms with Gasteiger partial charge in [0, 0.05) is 0 Å². The maximum Gasteiger partial charge on any atom is 0.271 e. The Bertz CT molecular complexity index is 721. The molecule has 0 aliphatic carbocycles. The van der Waals surface area contributed by atoms with E-state index in [4.69, 9.17) is 16.1 Å². The van der Waals surface area contributed by atoms with Crippen LogP contribution in [0.5, 0.6) is 0 Å². The molecule has 7 nitrogen and oxygen atoms in total. The molecule has 2 N–H and O–H groups in total. The summed E-state index contributed by atoms with van der Waals surface area (Å²) < 4.78 is 5.11. The van der Waals surface area contributed by atoms with E-state index in [1.807, 2.05) is 17.5 Å². The molecule has 3 aromatic rings. The molecule has 0 aliphatic heterocycles. The van der Waals surface area contributed by atoms with Crippen molar-refractivity contribution in [2.75, 3.05) is 0 Å². The number of rotatable bonds is 4. The Morgan fingerprint density at radius 2 is 2.45 bits per heavy atom. The van der Waals surface area contributed by atoms with Crippen molar-refractivity contribution in [2.24, 2.45) is 0 Å². The minimum atomic E-state index is -0.380. The minimum Gasteiger partial charge on any atom is -0.343 e. The quantitative estimate of drug-likeness (QED) is 0.769. The molecule has 0 fully saturated rings. The lowest BCUT2D eigenvalue weighted by Crippen LogP contribution is -2.24. The van der Waals surface area contributed by atoms with Crippen LogP contribution in [0.3, 0.4) is 0 Å². The summed E-state index contributed by atoms with van der Waals surface area (Å²) in [6.45, 7) is 0.142. The summed E-state index contributed by atoms with van der Waals surface area (Å²) in [5.41, 5.74) is 0.202. The molecule has 9 heteroatoms. The second kappa shape index (κ2) is 5.43. The minimum absolute atomic E-state index is 0.142. The zero-order valence-corrected chi connectivity index (χ0v) is 11.5. The van der Waals surface area contributed by atoms with Gasteiger partial charge in [0.25, 0.3) is 11.8 Å². The monoisotopic (exact) mass is 309 g/mol. The Labute approximate surface area is 122 Å². The maximum atomic E-state index is 11.8. The predicted molar refractivity (Wildman–Crippen MR) is 72.4 cm³/mol. The largest absolute Gasteiger partial charge is 0.343 e. The van der Waals surface area contributed by atoms with Crippen LogP contribution < -0.4 is 5.32 Å². The number of H-pyrrole nitrogens is 1. The van der Waals surface area contributed by atoms with Gasteiger partial charge in [0.05, 0.1) is 22.6 Å². The third-order valence-corrected chi connectivity index (χ3v) is 3.57. The van der Waals surface area contributed by atoms with Crippen molar-refractivity contribution in [1.82, 2.24) is 25.7 Å². The number of hydrogen-bond donors (Lipinski definition) is 2. The fraction of sp³-hybridized carbons (Fsp3) is 0.0909. The molecule has 0 saturated carbocycles. The first-order valence-electron chi connectivity index (χ1n) is 5.57. The van der Waals surface area contributed by atoms with Gasteiger partial charge in [-0.1, -0.05) is 22.8 Å². The molecule has 102 valence electrons.